The molecule has 1 aromatic heterocycles. The number of halogens is 2. The minimum Gasteiger partial charge on any atom is -0.226 e. The average Bonchev–Trinajstić information content (AvgIpc) is 2.43. The van der Waals surface area contributed by atoms with Crippen molar-refractivity contribution in [1.82, 2.24) is 9.97 Å². The van der Waals surface area contributed by atoms with E-state index in [0.717, 1.165) is 10.9 Å². The number of hydrogen-bond donors (Lipinski definition) is 0. The van der Waals surface area contributed by atoms with Crippen LogP contribution in [0, 0.1) is 13.8 Å². The van der Waals surface area contributed by atoms with Gasteiger partial charge < -0.3 is 0 Å². The highest BCUT2D eigenvalue weighted by molar-refractivity contribution is 6.38. The van der Waals surface area contributed by atoms with Crippen LogP contribution in [0.15, 0.2) is 36.4 Å². The first-order valence-corrected chi connectivity index (χ1v) is 7.01. The molecule has 0 aliphatic heterocycles. The molecule has 0 unspecified atom stereocenters. The first-order chi connectivity index (χ1) is 9.56. The van der Waals surface area contributed by atoms with Crippen LogP contribution < -0.4 is 0 Å². The highest BCUT2D eigenvalue weighted by Crippen LogP contribution is 2.29. The molecule has 3 aromatic rings. The lowest BCUT2D eigenvalue weighted by molar-refractivity contribution is 1.22. The largest absolute Gasteiger partial charge is 0.226 e. The van der Waals surface area contributed by atoms with E-state index in [0.29, 0.717) is 21.5 Å². The van der Waals surface area contributed by atoms with Crippen molar-refractivity contribution in [3.05, 3.63) is 57.7 Å². The quantitative estimate of drug-likeness (QED) is 0.576. The number of benzene rings is 2. The van der Waals surface area contributed by atoms with Gasteiger partial charge in [0.1, 0.15) is 5.15 Å². The number of aryl methyl sites for hydroxylation is 2. The summed E-state index contributed by atoms with van der Waals surface area (Å²) in [7, 11) is 0. The summed E-state index contributed by atoms with van der Waals surface area (Å²) in [6.07, 6.45) is 0. The molecule has 2 aromatic carbocycles. The molecule has 0 aliphatic rings. The molecular weight excluding hydrogens is 291 g/mol. The Kier molecular flexibility index (Phi) is 3.36. The lowest BCUT2D eigenvalue weighted by Gasteiger charge is -2.07. The molecule has 0 saturated heterocycles. The van der Waals surface area contributed by atoms with Crippen molar-refractivity contribution in [2.24, 2.45) is 0 Å². The molecule has 100 valence electrons. The summed E-state index contributed by atoms with van der Waals surface area (Å²) in [5.41, 5.74) is 4.05. The third kappa shape index (κ3) is 2.26. The van der Waals surface area contributed by atoms with E-state index in [2.05, 4.69) is 35.9 Å². The normalized spacial score (nSPS) is 11.0. The van der Waals surface area contributed by atoms with Gasteiger partial charge in [-0.15, -0.1) is 0 Å². The Morgan fingerprint density at radius 2 is 1.70 bits per heavy atom. The van der Waals surface area contributed by atoms with Gasteiger partial charge in [0.25, 0.3) is 0 Å². The standard InChI is InChI=1S/C16H12Cl2N2/c1-9-6-7-11(8-10(9)2)16-19-14-12(15(18)20-16)4-3-5-13(14)17/h3-8H,1-2H3. The highest BCUT2D eigenvalue weighted by atomic mass is 35.5. The van der Waals surface area contributed by atoms with Crippen molar-refractivity contribution in [3.8, 4) is 11.4 Å². The van der Waals surface area contributed by atoms with Gasteiger partial charge in [-0.25, -0.2) is 9.97 Å². The van der Waals surface area contributed by atoms with Gasteiger partial charge in [0, 0.05) is 10.9 Å². The molecule has 0 spiro atoms. The van der Waals surface area contributed by atoms with Crippen molar-refractivity contribution >= 4 is 34.1 Å². The predicted octanol–water partition coefficient (Wildman–Crippen LogP) is 5.22. The van der Waals surface area contributed by atoms with Gasteiger partial charge >= 0.3 is 0 Å². The molecule has 0 radical (unpaired) electrons. The van der Waals surface area contributed by atoms with Crippen LogP contribution in [0.1, 0.15) is 11.1 Å². The second kappa shape index (κ2) is 5.04. The fourth-order valence-corrected chi connectivity index (χ4v) is 2.54. The number of hydrogen-bond acceptors (Lipinski definition) is 2. The van der Waals surface area contributed by atoms with Gasteiger partial charge in [0.15, 0.2) is 5.82 Å². The van der Waals surface area contributed by atoms with Gasteiger partial charge in [-0.1, -0.05) is 41.4 Å². The van der Waals surface area contributed by atoms with E-state index in [1.54, 1.807) is 6.07 Å². The van der Waals surface area contributed by atoms with Crippen LogP contribution in [0.4, 0.5) is 0 Å². The summed E-state index contributed by atoms with van der Waals surface area (Å²) in [6.45, 7) is 4.14. The van der Waals surface area contributed by atoms with E-state index in [9.17, 15) is 0 Å². The Morgan fingerprint density at radius 1 is 0.900 bits per heavy atom. The van der Waals surface area contributed by atoms with E-state index in [4.69, 9.17) is 23.2 Å². The summed E-state index contributed by atoms with van der Waals surface area (Å²) < 4.78 is 0. The van der Waals surface area contributed by atoms with Crippen LogP contribution in [0.3, 0.4) is 0 Å². The van der Waals surface area contributed by atoms with Crippen molar-refractivity contribution in [2.75, 3.05) is 0 Å². The van der Waals surface area contributed by atoms with E-state index in [1.807, 2.05) is 18.2 Å². The maximum absolute atomic E-state index is 6.25. The van der Waals surface area contributed by atoms with Crippen LogP contribution in [0.2, 0.25) is 10.2 Å². The van der Waals surface area contributed by atoms with Crippen LogP contribution in [-0.4, -0.2) is 9.97 Å². The summed E-state index contributed by atoms with van der Waals surface area (Å²) in [4.78, 5) is 8.93. The molecular formula is C16H12Cl2N2. The zero-order chi connectivity index (χ0) is 14.3. The molecule has 20 heavy (non-hydrogen) atoms. The molecule has 0 saturated carbocycles. The number of rotatable bonds is 1. The Bertz CT molecular complexity index is 813. The van der Waals surface area contributed by atoms with Gasteiger partial charge in [-0.05, 0) is 43.2 Å². The smallest absolute Gasteiger partial charge is 0.161 e. The lowest BCUT2D eigenvalue weighted by Crippen LogP contribution is -1.93. The van der Waals surface area contributed by atoms with Crippen molar-refractivity contribution in [1.29, 1.82) is 0 Å². The monoisotopic (exact) mass is 302 g/mol. The van der Waals surface area contributed by atoms with Crippen LogP contribution in [-0.2, 0) is 0 Å². The topological polar surface area (TPSA) is 25.8 Å². The first kappa shape index (κ1) is 13.3. The molecule has 1 heterocycles. The fourth-order valence-electron chi connectivity index (χ4n) is 2.09. The fraction of sp³-hybridized carbons (Fsp3) is 0.125. The SMILES string of the molecule is Cc1ccc(-c2nc(Cl)c3cccc(Cl)c3n2)cc1C. The van der Waals surface area contributed by atoms with Gasteiger partial charge in [0.05, 0.1) is 10.5 Å². The summed E-state index contributed by atoms with van der Waals surface area (Å²) in [5.74, 6) is 0.596. The number of fused-ring (bicyclic) bond motifs is 1. The van der Waals surface area contributed by atoms with Crippen LogP contribution in [0.5, 0.6) is 0 Å². The minimum absolute atomic E-state index is 0.422. The summed E-state index contributed by atoms with van der Waals surface area (Å²) in [6, 6.07) is 11.6. The van der Waals surface area contributed by atoms with Gasteiger partial charge in [0.2, 0.25) is 0 Å². The Hall–Kier alpha value is -1.64. The molecule has 0 N–H and O–H groups in total. The second-order valence-corrected chi connectivity index (χ2v) is 5.54. The number of nitrogens with zero attached hydrogens (tertiary/aromatic N) is 2. The highest BCUT2D eigenvalue weighted by Gasteiger charge is 2.10. The van der Waals surface area contributed by atoms with Crippen molar-refractivity contribution in [2.45, 2.75) is 13.8 Å². The van der Waals surface area contributed by atoms with E-state index < -0.39 is 0 Å². The molecule has 0 amide bonds. The van der Waals surface area contributed by atoms with E-state index in [1.165, 1.54) is 11.1 Å². The van der Waals surface area contributed by atoms with E-state index in [-0.39, 0.29) is 0 Å². The minimum atomic E-state index is 0.422. The third-order valence-corrected chi connectivity index (χ3v) is 3.99. The summed E-state index contributed by atoms with van der Waals surface area (Å²) >= 11 is 12.4. The Balaban J connectivity index is 2.26. The first-order valence-electron chi connectivity index (χ1n) is 6.25. The molecule has 0 atom stereocenters. The number of para-hydroxylation sites is 1. The molecule has 2 nitrogen and oxygen atoms in total. The van der Waals surface area contributed by atoms with Crippen molar-refractivity contribution < 1.29 is 0 Å². The average molecular weight is 303 g/mol. The van der Waals surface area contributed by atoms with Crippen LogP contribution in [0.25, 0.3) is 22.3 Å². The third-order valence-electron chi connectivity index (χ3n) is 3.40. The van der Waals surface area contributed by atoms with Gasteiger partial charge in [-0.3, -0.25) is 0 Å². The molecule has 0 bridgehead atoms. The molecule has 3 rings (SSSR count). The second-order valence-electron chi connectivity index (χ2n) is 4.77. The molecule has 0 fully saturated rings. The van der Waals surface area contributed by atoms with Gasteiger partial charge in [-0.2, -0.15) is 0 Å². The van der Waals surface area contributed by atoms with Crippen molar-refractivity contribution in [3.63, 3.8) is 0 Å². The maximum Gasteiger partial charge on any atom is 0.161 e. The zero-order valence-electron chi connectivity index (χ0n) is 11.1. The van der Waals surface area contributed by atoms with E-state index >= 15 is 0 Å². The number of aromatic nitrogens is 2. The van der Waals surface area contributed by atoms with Crippen LogP contribution >= 0.6 is 23.2 Å². The maximum atomic E-state index is 6.25. The Labute approximate surface area is 127 Å². The molecule has 0 aliphatic carbocycles. The lowest BCUT2D eigenvalue weighted by atomic mass is 10.1. The predicted molar refractivity (Wildman–Crippen MR) is 84.5 cm³/mol. The molecule has 4 heteroatoms. The Morgan fingerprint density at radius 3 is 2.45 bits per heavy atom. The summed E-state index contributed by atoms with van der Waals surface area (Å²) in [5, 5.41) is 1.77. The zero-order valence-corrected chi connectivity index (χ0v) is 12.6.